The molecule has 0 fully saturated rings. The lowest BCUT2D eigenvalue weighted by atomic mass is 9.82. The van der Waals surface area contributed by atoms with Crippen molar-refractivity contribution in [3.8, 4) is 22.3 Å². The summed E-state index contributed by atoms with van der Waals surface area (Å²) in [7, 11) is 0. The van der Waals surface area contributed by atoms with E-state index in [9.17, 15) is 5.11 Å². The number of rotatable bonds is 3. The highest BCUT2D eigenvalue weighted by Gasteiger charge is 2.31. The Balaban J connectivity index is 1.67. The molecule has 5 aromatic rings. The Morgan fingerprint density at radius 1 is 0.548 bits per heavy atom. The van der Waals surface area contributed by atoms with Crippen LogP contribution in [0.5, 0.6) is 0 Å². The van der Waals surface area contributed by atoms with Gasteiger partial charge in [0.1, 0.15) is 6.61 Å². The van der Waals surface area contributed by atoms with Crippen LogP contribution in [0, 0.1) is 0 Å². The summed E-state index contributed by atoms with van der Waals surface area (Å²) in [6.45, 7) is -0.188. The van der Waals surface area contributed by atoms with E-state index in [2.05, 4.69) is 97.1 Å². The maximum atomic E-state index is 11.3. The van der Waals surface area contributed by atoms with E-state index in [1.165, 1.54) is 44.2 Å². The first-order valence-electron chi connectivity index (χ1n) is 10.7. The normalized spacial score (nSPS) is 12.7. The van der Waals surface area contributed by atoms with E-state index in [0.29, 0.717) is 0 Å². The predicted octanol–water partition coefficient (Wildman–Crippen LogP) is 7.60. The molecular formula is C30H21O. The minimum absolute atomic E-state index is 0.186. The highest BCUT2D eigenvalue weighted by atomic mass is 16.3. The van der Waals surface area contributed by atoms with Crippen molar-refractivity contribution in [2.45, 2.75) is 12.5 Å². The van der Waals surface area contributed by atoms with E-state index in [1.54, 1.807) is 0 Å². The fraction of sp³-hybridized carbons (Fsp3) is 0.0667. The van der Waals surface area contributed by atoms with Crippen LogP contribution in [0.15, 0.2) is 109 Å². The van der Waals surface area contributed by atoms with Gasteiger partial charge in [-0.15, -0.1) is 0 Å². The van der Waals surface area contributed by atoms with Gasteiger partial charge in [-0.3, -0.25) is 0 Å². The van der Waals surface area contributed by atoms with Crippen molar-refractivity contribution < 1.29 is 5.11 Å². The average molecular weight is 397 g/mol. The van der Waals surface area contributed by atoms with Crippen LogP contribution in [-0.2, 0) is 11.7 Å². The highest BCUT2D eigenvalue weighted by molar-refractivity contribution is 5.99. The zero-order valence-electron chi connectivity index (χ0n) is 17.1. The van der Waals surface area contributed by atoms with Crippen LogP contribution >= 0.6 is 0 Å². The molecule has 0 unspecified atom stereocenters. The fourth-order valence-corrected chi connectivity index (χ4v) is 5.11. The quantitative estimate of drug-likeness (QED) is 0.293. The Hall–Kier alpha value is -3.68. The van der Waals surface area contributed by atoms with Crippen LogP contribution in [0.1, 0.15) is 28.2 Å². The van der Waals surface area contributed by atoms with Crippen molar-refractivity contribution in [1.29, 1.82) is 0 Å². The molecule has 0 N–H and O–H groups in total. The molecular weight excluding hydrogens is 376 g/mol. The fourth-order valence-electron chi connectivity index (χ4n) is 5.11. The summed E-state index contributed by atoms with van der Waals surface area (Å²) in [5.74, 6) is 0.186. The van der Waals surface area contributed by atoms with E-state index in [-0.39, 0.29) is 12.5 Å². The number of hydrogen-bond donors (Lipinski definition) is 0. The van der Waals surface area contributed by atoms with E-state index in [0.717, 1.165) is 11.1 Å². The largest absolute Gasteiger partial charge is 0.232 e. The molecule has 147 valence electrons. The smallest absolute Gasteiger partial charge is 0.107 e. The number of fused-ring (bicyclic) bond motifs is 4. The summed E-state index contributed by atoms with van der Waals surface area (Å²) in [6.07, 6.45) is 0. The third-order valence-electron chi connectivity index (χ3n) is 6.52. The van der Waals surface area contributed by atoms with Crippen molar-refractivity contribution in [3.05, 3.63) is 131 Å². The topological polar surface area (TPSA) is 19.9 Å². The second-order valence-corrected chi connectivity index (χ2v) is 8.20. The van der Waals surface area contributed by atoms with Crippen LogP contribution in [0.4, 0.5) is 0 Å². The molecule has 0 spiro atoms. The summed E-state index contributed by atoms with van der Waals surface area (Å²) >= 11 is 0. The van der Waals surface area contributed by atoms with Gasteiger partial charge in [-0.2, -0.15) is 0 Å². The molecule has 0 bridgehead atoms. The Labute approximate surface area is 182 Å². The Morgan fingerprint density at radius 3 is 1.84 bits per heavy atom. The molecule has 1 radical (unpaired) electrons. The van der Waals surface area contributed by atoms with Gasteiger partial charge in [0.25, 0.3) is 0 Å². The first kappa shape index (κ1) is 18.1. The van der Waals surface area contributed by atoms with E-state index in [4.69, 9.17) is 0 Å². The van der Waals surface area contributed by atoms with E-state index < -0.39 is 0 Å². The third-order valence-corrected chi connectivity index (χ3v) is 6.52. The second kappa shape index (κ2) is 7.23. The average Bonchev–Trinajstić information content (AvgIpc) is 3.18. The maximum absolute atomic E-state index is 11.3. The van der Waals surface area contributed by atoms with Crippen LogP contribution in [0.3, 0.4) is 0 Å². The van der Waals surface area contributed by atoms with Crippen molar-refractivity contribution in [2.24, 2.45) is 0 Å². The predicted molar refractivity (Wildman–Crippen MR) is 127 cm³/mol. The highest BCUT2D eigenvalue weighted by Crippen LogP contribution is 2.50. The first-order chi connectivity index (χ1) is 15.3. The van der Waals surface area contributed by atoms with Crippen LogP contribution in [0.25, 0.3) is 33.0 Å². The summed E-state index contributed by atoms with van der Waals surface area (Å²) in [4.78, 5) is 0. The van der Waals surface area contributed by atoms with Gasteiger partial charge >= 0.3 is 0 Å². The molecule has 1 aliphatic rings. The first-order valence-corrected chi connectivity index (χ1v) is 10.7. The molecule has 6 rings (SSSR count). The standard InChI is InChI=1S/C30H21O/c31-19-20-13-15-22(16-14-20)29-23-8-2-1-7-21(23)17-18-28(29)30-26-11-5-3-9-24(26)25-10-4-6-12-27(25)30/h1-18,30H,19H2. The molecule has 5 aromatic carbocycles. The van der Waals surface area contributed by atoms with E-state index >= 15 is 0 Å². The minimum Gasteiger partial charge on any atom is -0.232 e. The van der Waals surface area contributed by atoms with Gasteiger partial charge in [0.15, 0.2) is 0 Å². The number of hydrogen-bond acceptors (Lipinski definition) is 0. The SMILES string of the molecule is [O]Cc1ccc(-c2c(C3c4ccccc4-c4ccccc43)ccc3ccccc23)cc1. The van der Waals surface area contributed by atoms with Crippen molar-refractivity contribution in [2.75, 3.05) is 0 Å². The molecule has 0 atom stereocenters. The summed E-state index contributed by atoms with van der Waals surface area (Å²) < 4.78 is 0. The van der Waals surface area contributed by atoms with Crippen molar-refractivity contribution >= 4 is 10.8 Å². The third kappa shape index (κ3) is 2.82. The lowest BCUT2D eigenvalue weighted by Gasteiger charge is -2.21. The Morgan fingerprint density at radius 2 is 1.16 bits per heavy atom. The van der Waals surface area contributed by atoms with Gasteiger partial charge in [0.05, 0.1) is 0 Å². The van der Waals surface area contributed by atoms with Crippen LogP contribution < -0.4 is 0 Å². The van der Waals surface area contributed by atoms with E-state index in [1.807, 2.05) is 12.1 Å². The Bertz CT molecular complexity index is 1370. The van der Waals surface area contributed by atoms with Gasteiger partial charge in [-0.1, -0.05) is 109 Å². The lowest BCUT2D eigenvalue weighted by Crippen LogP contribution is -2.02. The maximum Gasteiger partial charge on any atom is 0.107 e. The summed E-state index contributed by atoms with van der Waals surface area (Å²) in [5, 5.41) is 13.8. The molecule has 0 amide bonds. The molecule has 0 saturated heterocycles. The van der Waals surface area contributed by atoms with Crippen molar-refractivity contribution in [1.82, 2.24) is 0 Å². The summed E-state index contributed by atoms with van der Waals surface area (Å²) in [5.41, 5.74) is 9.91. The second-order valence-electron chi connectivity index (χ2n) is 8.20. The molecule has 0 heterocycles. The molecule has 1 heteroatoms. The van der Waals surface area contributed by atoms with Crippen LogP contribution in [-0.4, -0.2) is 0 Å². The van der Waals surface area contributed by atoms with Gasteiger partial charge in [-0.05, 0) is 55.3 Å². The zero-order valence-corrected chi connectivity index (χ0v) is 17.1. The van der Waals surface area contributed by atoms with Crippen LogP contribution in [0.2, 0.25) is 0 Å². The molecule has 1 aliphatic carbocycles. The molecule has 1 nitrogen and oxygen atoms in total. The lowest BCUT2D eigenvalue weighted by molar-refractivity contribution is 0.177. The monoisotopic (exact) mass is 397 g/mol. The number of benzene rings is 5. The summed E-state index contributed by atoms with van der Waals surface area (Å²) in [6, 6.07) is 38.8. The molecule has 0 aliphatic heterocycles. The molecule has 31 heavy (non-hydrogen) atoms. The zero-order chi connectivity index (χ0) is 20.8. The minimum atomic E-state index is -0.188. The van der Waals surface area contributed by atoms with Crippen molar-refractivity contribution in [3.63, 3.8) is 0 Å². The molecule has 0 saturated carbocycles. The van der Waals surface area contributed by atoms with Gasteiger partial charge in [0.2, 0.25) is 0 Å². The Kier molecular flexibility index (Phi) is 4.22. The van der Waals surface area contributed by atoms with Gasteiger partial charge < -0.3 is 0 Å². The van der Waals surface area contributed by atoms with Gasteiger partial charge in [-0.25, -0.2) is 5.11 Å². The molecule has 0 aromatic heterocycles. The van der Waals surface area contributed by atoms with Gasteiger partial charge in [0, 0.05) is 5.92 Å².